The van der Waals surface area contributed by atoms with Gasteiger partial charge >= 0.3 is 0 Å². The number of nitrogens with one attached hydrogen (secondary N) is 1. The Labute approximate surface area is 145 Å². The Hall–Kier alpha value is -0.860. The molecule has 0 amide bonds. The van der Waals surface area contributed by atoms with E-state index >= 15 is 0 Å². The molecule has 0 aliphatic rings. The number of hydrogen-bond acceptors (Lipinski definition) is 2. The Morgan fingerprint density at radius 3 is 1.65 bits per heavy atom. The smallest absolute Gasteiger partial charge is 0.00974 e. The number of unbranched alkanes of at least 4 members (excludes halogenated alkanes) is 2. The Bertz CT molecular complexity index is 365. The number of hydrazine groups is 1. The van der Waals surface area contributed by atoms with E-state index in [9.17, 15) is 0 Å². The van der Waals surface area contributed by atoms with Gasteiger partial charge in [-0.25, -0.2) is 0 Å². The molecule has 134 valence electrons. The first kappa shape index (κ1) is 22.1. The monoisotopic (exact) mass is 320 g/mol. The third-order valence-corrected chi connectivity index (χ3v) is 3.73. The second kappa shape index (κ2) is 13.6. The van der Waals surface area contributed by atoms with Crippen LogP contribution in [0.1, 0.15) is 77.5 Å². The van der Waals surface area contributed by atoms with Gasteiger partial charge in [0.1, 0.15) is 0 Å². The molecule has 1 rings (SSSR count). The van der Waals surface area contributed by atoms with Crippen molar-refractivity contribution in [3.8, 4) is 0 Å². The lowest BCUT2D eigenvalue weighted by Gasteiger charge is -2.12. The molecule has 2 heteroatoms. The summed E-state index contributed by atoms with van der Waals surface area (Å²) >= 11 is 0. The molecular formula is C21H40N2. The van der Waals surface area contributed by atoms with Gasteiger partial charge in [-0.3, -0.25) is 11.3 Å². The van der Waals surface area contributed by atoms with E-state index in [1.165, 1.54) is 48.8 Å². The summed E-state index contributed by atoms with van der Waals surface area (Å²) < 4.78 is 0. The second-order valence-corrected chi connectivity index (χ2v) is 7.37. The molecule has 0 bridgehead atoms. The van der Waals surface area contributed by atoms with Crippen molar-refractivity contribution in [2.24, 2.45) is 17.7 Å². The van der Waals surface area contributed by atoms with Gasteiger partial charge in [-0.2, -0.15) is 0 Å². The van der Waals surface area contributed by atoms with E-state index in [1.54, 1.807) is 0 Å². The average molecular weight is 321 g/mol. The van der Waals surface area contributed by atoms with E-state index in [0.717, 1.165) is 24.8 Å². The summed E-state index contributed by atoms with van der Waals surface area (Å²) in [6.45, 7) is 14.5. The maximum atomic E-state index is 5.02. The summed E-state index contributed by atoms with van der Waals surface area (Å²) in [7, 11) is 0. The molecule has 0 aromatic heterocycles. The summed E-state index contributed by atoms with van der Waals surface area (Å²) in [6, 6.07) is 7.16. The van der Waals surface area contributed by atoms with Crippen molar-refractivity contribution in [2.75, 3.05) is 6.54 Å². The Kier molecular flexibility index (Phi) is 13.1. The van der Waals surface area contributed by atoms with E-state index in [-0.39, 0.29) is 0 Å². The number of aryl methyl sites for hydroxylation is 1. The van der Waals surface area contributed by atoms with Gasteiger partial charge in [0.15, 0.2) is 0 Å². The highest BCUT2D eigenvalue weighted by Crippen LogP contribution is 2.17. The van der Waals surface area contributed by atoms with Crippen molar-refractivity contribution >= 4 is 0 Å². The van der Waals surface area contributed by atoms with Crippen molar-refractivity contribution in [1.29, 1.82) is 0 Å². The predicted molar refractivity (Wildman–Crippen MR) is 105 cm³/mol. The minimum absolute atomic E-state index is 0.749. The summed E-state index contributed by atoms with van der Waals surface area (Å²) in [6.07, 6.45) is 7.31. The van der Waals surface area contributed by atoms with Gasteiger partial charge < -0.3 is 0 Å². The lowest BCUT2D eigenvalue weighted by Crippen LogP contribution is -2.22. The maximum Gasteiger partial charge on any atom is 0.00974 e. The molecule has 0 unspecified atom stereocenters. The van der Waals surface area contributed by atoms with Crippen molar-refractivity contribution in [1.82, 2.24) is 5.43 Å². The van der Waals surface area contributed by atoms with Crippen LogP contribution in [0, 0.1) is 11.8 Å². The van der Waals surface area contributed by atoms with Crippen LogP contribution in [0.5, 0.6) is 0 Å². The van der Waals surface area contributed by atoms with Crippen LogP contribution in [0.25, 0.3) is 0 Å². The number of hydrogen-bond donors (Lipinski definition) is 2. The highest BCUT2D eigenvalue weighted by atomic mass is 15.2. The normalized spacial score (nSPS) is 10.8. The zero-order chi connectivity index (χ0) is 17.7. The first-order chi connectivity index (χ1) is 10.9. The van der Waals surface area contributed by atoms with Crippen LogP contribution in [0.15, 0.2) is 18.2 Å². The SMILES string of the molecule is CCCCCNN.CCc1cc(CC(C)C)cc(CC(C)C)c1. The van der Waals surface area contributed by atoms with Gasteiger partial charge in [-0.1, -0.05) is 72.6 Å². The molecule has 23 heavy (non-hydrogen) atoms. The molecule has 0 atom stereocenters. The van der Waals surface area contributed by atoms with Crippen molar-refractivity contribution in [3.63, 3.8) is 0 Å². The zero-order valence-corrected chi connectivity index (χ0v) is 16.4. The topological polar surface area (TPSA) is 38.0 Å². The highest BCUT2D eigenvalue weighted by Gasteiger charge is 2.04. The lowest BCUT2D eigenvalue weighted by atomic mass is 9.94. The molecule has 2 nitrogen and oxygen atoms in total. The Morgan fingerprint density at radius 2 is 1.30 bits per heavy atom. The maximum absolute atomic E-state index is 5.02. The van der Waals surface area contributed by atoms with Crippen LogP contribution < -0.4 is 11.3 Å². The van der Waals surface area contributed by atoms with Crippen molar-refractivity contribution in [3.05, 3.63) is 34.9 Å². The molecular weight excluding hydrogens is 280 g/mol. The van der Waals surface area contributed by atoms with Crippen LogP contribution in [0.3, 0.4) is 0 Å². The molecule has 0 saturated heterocycles. The molecule has 1 aromatic carbocycles. The van der Waals surface area contributed by atoms with Crippen molar-refractivity contribution in [2.45, 2.75) is 80.1 Å². The minimum Gasteiger partial charge on any atom is -0.271 e. The van der Waals surface area contributed by atoms with E-state index in [1.807, 2.05) is 0 Å². The largest absolute Gasteiger partial charge is 0.271 e. The van der Waals surface area contributed by atoms with Gasteiger partial charge in [0.2, 0.25) is 0 Å². The third kappa shape index (κ3) is 12.3. The Morgan fingerprint density at radius 1 is 0.826 bits per heavy atom. The number of rotatable bonds is 9. The molecule has 0 radical (unpaired) electrons. The molecule has 1 aromatic rings. The van der Waals surface area contributed by atoms with Gasteiger partial charge in [-0.15, -0.1) is 0 Å². The van der Waals surface area contributed by atoms with Crippen LogP contribution in [0.2, 0.25) is 0 Å². The van der Waals surface area contributed by atoms with Crippen LogP contribution in [-0.4, -0.2) is 6.54 Å². The molecule has 0 spiro atoms. The van der Waals surface area contributed by atoms with E-state index in [2.05, 4.69) is 65.2 Å². The number of benzene rings is 1. The fourth-order valence-corrected chi connectivity index (χ4v) is 2.70. The molecule has 3 N–H and O–H groups in total. The molecule has 0 heterocycles. The van der Waals surface area contributed by atoms with Crippen LogP contribution in [0.4, 0.5) is 0 Å². The number of nitrogens with two attached hydrogens (primary N) is 1. The zero-order valence-electron chi connectivity index (χ0n) is 16.4. The summed E-state index contributed by atoms with van der Waals surface area (Å²) in [5.74, 6) is 6.52. The summed E-state index contributed by atoms with van der Waals surface area (Å²) in [5.41, 5.74) is 7.13. The third-order valence-electron chi connectivity index (χ3n) is 3.73. The summed E-state index contributed by atoms with van der Waals surface area (Å²) in [5, 5.41) is 0. The summed E-state index contributed by atoms with van der Waals surface area (Å²) in [4.78, 5) is 0. The quantitative estimate of drug-likeness (QED) is 0.369. The van der Waals surface area contributed by atoms with Crippen molar-refractivity contribution < 1.29 is 0 Å². The lowest BCUT2D eigenvalue weighted by molar-refractivity contribution is 0.635. The first-order valence-electron chi connectivity index (χ1n) is 9.48. The van der Waals surface area contributed by atoms with E-state index in [4.69, 9.17) is 5.84 Å². The first-order valence-corrected chi connectivity index (χ1v) is 9.48. The molecule has 0 aliphatic carbocycles. The fourth-order valence-electron chi connectivity index (χ4n) is 2.70. The highest BCUT2D eigenvalue weighted by molar-refractivity contribution is 5.31. The predicted octanol–water partition coefficient (Wildman–Crippen LogP) is 5.29. The van der Waals surface area contributed by atoms with E-state index in [0.29, 0.717) is 0 Å². The van der Waals surface area contributed by atoms with E-state index < -0.39 is 0 Å². The molecule has 0 aliphatic heterocycles. The van der Waals surface area contributed by atoms with Gasteiger partial charge in [0.25, 0.3) is 0 Å². The molecule has 0 saturated carbocycles. The fraction of sp³-hybridized carbons (Fsp3) is 0.714. The second-order valence-electron chi connectivity index (χ2n) is 7.37. The van der Waals surface area contributed by atoms with Crippen LogP contribution >= 0.6 is 0 Å². The molecule has 0 fully saturated rings. The van der Waals surface area contributed by atoms with Gasteiger partial charge in [0, 0.05) is 6.54 Å². The average Bonchev–Trinajstić information content (AvgIpc) is 2.46. The van der Waals surface area contributed by atoms with Gasteiger partial charge in [-0.05, 0) is 54.2 Å². The van der Waals surface area contributed by atoms with Gasteiger partial charge in [0.05, 0.1) is 0 Å². The Balaban J connectivity index is 0.000000585. The minimum atomic E-state index is 0.749. The standard InChI is InChI=1S/C16H26.C5H14N2/c1-6-14-9-15(7-12(2)3)11-16(10-14)8-13(4)5;1-2-3-4-5-7-6/h9-13H,6-8H2,1-5H3;7H,2-6H2,1H3. The van der Waals surface area contributed by atoms with Crippen LogP contribution in [-0.2, 0) is 19.3 Å².